The summed E-state index contributed by atoms with van der Waals surface area (Å²) in [6.45, 7) is -4.17. The molecular formula is C28H52N2O19. The number of aliphatic hydroxyl groups excluding tert-OH is 12. The van der Waals surface area contributed by atoms with Gasteiger partial charge in [-0.15, -0.1) is 0 Å². The topological polar surface area (TPSA) is 353 Å². The molecule has 0 spiro atoms. The van der Waals surface area contributed by atoms with Crippen LogP contribution in [0.25, 0.3) is 0 Å². The van der Waals surface area contributed by atoms with E-state index in [1.165, 1.54) is 0 Å². The first-order valence-electron chi connectivity index (χ1n) is 16.0. The summed E-state index contributed by atoms with van der Waals surface area (Å²) in [5.41, 5.74) is 3.59. The molecule has 0 aromatic heterocycles. The van der Waals surface area contributed by atoms with Crippen molar-refractivity contribution in [1.82, 2.24) is 5.32 Å². The van der Waals surface area contributed by atoms with Crippen LogP contribution in [0.3, 0.4) is 0 Å². The molecule has 3 aliphatic rings. The van der Waals surface area contributed by atoms with Gasteiger partial charge in [-0.25, -0.2) is 0 Å². The lowest BCUT2D eigenvalue weighted by Gasteiger charge is -2.44. The average Bonchev–Trinajstić information content (AvgIpc) is 3.09. The van der Waals surface area contributed by atoms with Crippen molar-refractivity contribution in [2.45, 2.75) is 123 Å². The lowest BCUT2D eigenvalue weighted by molar-refractivity contribution is -0.324. The molecule has 0 unspecified atom stereocenters. The maximum absolute atomic E-state index is 13.3. The van der Waals surface area contributed by atoms with Gasteiger partial charge in [-0.1, -0.05) is 6.42 Å². The summed E-state index contributed by atoms with van der Waals surface area (Å²) in [7, 11) is 0. The molecule has 3 rings (SSSR count). The van der Waals surface area contributed by atoms with Gasteiger partial charge in [0.1, 0.15) is 78.8 Å². The maximum Gasteiger partial charge on any atom is 0.220 e. The second-order valence-electron chi connectivity index (χ2n) is 12.5. The van der Waals surface area contributed by atoms with Gasteiger partial charge < -0.3 is 101 Å². The zero-order chi connectivity index (χ0) is 36.5. The Kier molecular flexibility index (Phi) is 16.8. The first-order valence-corrected chi connectivity index (χ1v) is 16.0. The first kappa shape index (κ1) is 42.1. The molecule has 21 nitrogen and oxygen atoms in total. The minimum absolute atomic E-state index is 0.0676. The predicted octanol–water partition coefficient (Wildman–Crippen LogP) is -8.19. The van der Waals surface area contributed by atoms with Gasteiger partial charge in [-0.05, 0) is 19.4 Å². The smallest absolute Gasteiger partial charge is 0.220 e. The molecule has 0 aromatic carbocycles. The summed E-state index contributed by atoms with van der Waals surface area (Å²) in [5, 5.41) is 124. The van der Waals surface area contributed by atoms with Crippen molar-refractivity contribution < 1.29 is 94.5 Å². The zero-order valence-corrected chi connectivity index (χ0v) is 26.7. The standard InChI is InChI=1S/C28H52N2O19/c29-5-3-1-2-4-15(34)30-28(9-44-25-22(41)19(38)16(35)12(6-31)47-25,10-45-26-23(42)20(39)17(36)13(7-32)48-26)11-46-27-24(43)21(40)18(37)14(8-33)49-27/h12-14,16-27,31-33,35-43H,1-11,29H2,(H,30,34)/t12-,13-,14-,16+,17+,18+,19+,20+,21+,22-,23-,24-,25-,26-,27-/m1/s1. The Hall–Kier alpha value is -1.29. The van der Waals surface area contributed by atoms with Gasteiger partial charge in [0.05, 0.1) is 39.6 Å². The van der Waals surface area contributed by atoms with E-state index in [0.29, 0.717) is 25.8 Å². The van der Waals surface area contributed by atoms with Crippen molar-refractivity contribution in [1.29, 1.82) is 0 Å². The average molecular weight is 721 g/mol. The monoisotopic (exact) mass is 720 g/mol. The Morgan fingerprint density at radius 1 is 0.551 bits per heavy atom. The Morgan fingerprint density at radius 3 is 1.20 bits per heavy atom. The van der Waals surface area contributed by atoms with Crippen LogP contribution in [0.2, 0.25) is 0 Å². The van der Waals surface area contributed by atoms with Gasteiger partial charge in [0.15, 0.2) is 18.9 Å². The number of hydrogen-bond acceptors (Lipinski definition) is 20. The fraction of sp³-hybridized carbons (Fsp3) is 0.964. The molecule has 1 amide bonds. The molecule has 3 saturated heterocycles. The minimum Gasteiger partial charge on any atom is -0.394 e. The Labute approximate surface area is 281 Å². The molecule has 288 valence electrons. The quantitative estimate of drug-likeness (QED) is 0.0584. The van der Waals surface area contributed by atoms with E-state index in [1.807, 2.05) is 0 Å². The van der Waals surface area contributed by atoms with Crippen molar-refractivity contribution >= 4 is 5.91 Å². The number of aliphatic hydroxyl groups is 12. The lowest BCUT2D eigenvalue weighted by Crippen LogP contribution is -2.65. The molecular weight excluding hydrogens is 668 g/mol. The molecule has 3 heterocycles. The number of nitrogens with one attached hydrogen (secondary N) is 1. The normalized spacial score (nSPS) is 40.3. The molecule has 21 heteroatoms. The van der Waals surface area contributed by atoms with E-state index in [2.05, 4.69) is 5.32 Å². The lowest BCUT2D eigenvalue weighted by atomic mass is 9.97. The van der Waals surface area contributed by atoms with E-state index in [4.69, 9.17) is 34.2 Å². The summed E-state index contributed by atoms with van der Waals surface area (Å²) in [6, 6.07) is 0. The molecule has 3 fully saturated rings. The number of rotatable bonds is 18. The Balaban J connectivity index is 1.93. The second-order valence-corrected chi connectivity index (χ2v) is 12.5. The number of unbranched alkanes of at least 4 members (excludes halogenated alkanes) is 2. The van der Waals surface area contributed by atoms with Crippen LogP contribution in [0.1, 0.15) is 25.7 Å². The third-order valence-corrected chi connectivity index (χ3v) is 8.63. The van der Waals surface area contributed by atoms with Gasteiger partial charge >= 0.3 is 0 Å². The molecule has 49 heavy (non-hydrogen) atoms. The highest BCUT2D eigenvalue weighted by Crippen LogP contribution is 2.28. The van der Waals surface area contributed by atoms with Crippen LogP contribution in [-0.2, 0) is 33.2 Å². The Bertz CT molecular complexity index is 882. The van der Waals surface area contributed by atoms with Gasteiger partial charge in [0.25, 0.3) is 0 Å². The molecule has 0 saturated carbocycles. The molecule has 0 radical (unpaired) electrons. The number of amides is 1. The molecule has 15 N–H and O–H groups in total. The first-order chi connectivity index (χ1) is 23.2. The molecule has 15 atom stereocenters. The van der Waals surface area contributed by atoms with Crippen molar-refractivity contribution in [2.24, 2.45) is 5.73 Å². The van der Waals surface area contributed by atoms with Gasteiger partial charge in [-0.2, -0.15) is 0 Å². The summed E-state index contributed by atoms with van der Waals surface area (Å²) < 4.78 is 33.4. The maximum atomic E-state index is 13.3. The molecule has 3 aliphatic heterocycles. The zero-order valence-electron chi connectivity index (χ0n) is 26.7. The van der Waals surface area contributed by atoms with Crippen molar-refractivity contribution in [3.8, 4) is 0 Å². The Morgan fingerprint density at radius 2 is 0.898 bits per heavy atom. The summed E-state index contributed by atoms with van der Waals surface area (Å²) in [4.78, 5) is 13.3. The number of nitrogens with two attached hydrogens (primary N) is 1. The van der Waals surface area contributed by atoms with Crippen LogP contribution in [0.5, 0.6) is 0 Å². The number of carbonyl (C=O) groups excluding carboxylic acids is 1. The SMILES string of the molecule is NCCCCCC(=O)NC(CO[C@@H]1O[C@H](CO)[C@H](O)[C@H](O)[C@H]1O)(CO[C@@H]1O[C@H](CO)[C@H](O)[C@H](O)[C@H]1O)CO[C@@H]1O[C@H](CO)[C@H](O)[C@H](O)[C@H]1O. The van der Waals surface area contributed by atoms with Crippen molar-refractivity contribution in [3.05, 3.63) is 0 Å². The molecule has 0 aliphatic carbocycles. The van der Waals surface area contributed by atoms with Crippen molar-refractivity contribution in [2.75, 3.05) is 46.2 Å². The third-order valence-electron chi connectivity index (χ3n) is 8.63. The van der Waals surface area contributed by atoms with Crippen LogP contribution in [0, 0.1) is 0 Å². The van der Waals surface area contributed by atoms with E-state index >= 15 is 0 Å². The van der Waals surface area contributed by atoms with Crippen LogP contribution >= 0.6 is 0 Å². The van der Waals surface area contributed by atoms with Gasteiger partial charge in [-0.3, -0.25) is 4.79 Å². The van der Waals surface area contributed by atoms with Crippen molar-refractivity contribution in [3.63, 3.8) is 0 Å². The van der Waals surface area contributed by atoms with E-state index in [1.54, 1.807) is 0 Å². The van der Waals surface area contributed by atoms with E-state index < -0.39 is 143 Å². The predicted molar refractivity (Wildman–Crippen MR) is 158 cm³/mol. The summed E-state index contributed by atoms with van der Waals surface area (Å²) in [6.07, 6.45) is -24.1. The van der Waals surface area contributed by atoms with Gasteiger partial charge in [0, 0.05) is 6.42 Å². The highest BCUT2D eigenvalue weighted by atomic mass is 16.7. The van der Waals surface area contributed by atoms with Crippen LogP contribution in [0.15, 0.2) is 0 Å². The van der Waals surface area contributed by atoms with Crippen LogP contribution < -0.4 is 11.1 Å². The summed E-state index contributed by atoms with van der Waals surface area (Å²) >= 11 is 0. The van der Waals surface area contributed by atoms with E-state index in [9.17, 15) is 66.1 Å². The minimum atomic E-state index is -1.94. The number of hydrogen-bond donors (Lipinski definition) is 14. The van der Waals surface area contributed by atoms with Gasteiger partial charge in [0.2, 0.25) is 5.91 Å². The second kappa shape index (κ2) is 19.5. The van der Waals surface area contributed by atoms with E-state index in [0.717, 1.165) is 0 Å². The summed E-state index contributed by atoms with van der Waals surface area (Å²) in [5.74, 6) is -0.621. The van der Waals surface area contributed by atoms with Crippen LogP contribution in [-0.4, -0.2) is 211 Å². The highest BCUT2D eigenvalue weighted by Gasteiger charge is 2.49. The molecule has 0 bridgehead atoms. The molecule has 0 aromatic rings. The fourth-order valence-corrected chi connectivity index (χ4v) is 5.54. The number of ether oxygens (including phenoxy) is 6. The number of carbonyl (C=O) groups is 1. The fourth-order valence-electron chi connectivity index (χ4n) is 5.54. The van der Waals surface area contributed by atoms with E-state index in [-0.39, 0.29) is 6.42 Å². The largest absolute Gasteiger partial charge is 0.394 e. The highest BCUT2D eigenvalue weighted by molar-refractivity contribution is 5.76. The van der Waals surface area contributed by atoms with Crippen LogP contribution in [0.4, 0.5) is 0 Å². The third kappa shape index (κ3) is 10.6.